The van der Waals surface area contributed by atoms with Crippen LogP contribution in [-0.2, 0) is 0 Å². The second kappa shape index (κ2) is 3.10. The van der Waals surface area contributed by atoms with Crippen LogP contribution in [0.25, 0.3) is 5.82 Å². The summed E-state index contributed by atoms with van der Waals surface area (Å²) < 4.78 is 1.88. The number of nitrogen functional groups attached to an aromatic ring is 1. The first-order valence-corrected chi connectivity index (χ1v) is 4.27. The maximum Gasteiger partial charge on any atom is 0.143 e. The predicted molar refractivity (Wildman–Crippen MR) is 53.0 cm³/mol. The van der Waals surface area contributed by atoms with Crippen molar-refractivity contribution in [3.05, 3.63) is 30.1 Å². The van der Waals surface area contributed by atoms with Gasteiger partial charge in [-0.15, -0.1) is 0 Å². The van der Waals surface area contributed by atoms with Crippen molar-refractivity contribution in [3.8, 4) is 5.82 Å². The summed E-state index contributed by atoms with van der Waals surface area (Å²) >= 11 is 0. The molecule has 0 spiro atoms. The molecule has 2 aromatic heterocycles. The summed E-state index contributed by atoms with van der Waals surface area (Å²) in [5.41, 5.74) is 7.61. The molecule has 14 heavy (non-hydrogen) atoms. The molecule has 2 aromatic rings. The molecule has 0 amide bonds. The van der Waals surface area contributed by atoms with Gasteiger partial charge in [0.1, 0.15) is 24.3 Å². The van der Waals surface area contributed by atoms with Gasteiger partial charge in [-0.3, -0.25) is 4.57 Å². The van der Waals surface area contributed by atoms with Crippen LogP contribution in [0.4, 0.5) is 5.82 Å². The smallest absolute Gasteiger partial charge is 0.143 e. The molecule has 0 unspecified atom stereocenters. The van der Waals surface area contributed by atoms with E-state index in [0.29, 0.717) is 5.82 Å². The van der Waals surface area contributed by atoms with Gasteiger partial charge in [-0.25, -0.2) is 15.0 Å². The maximum absolute atomic E-state index is 5.57. The van der Waals surface area contributed by atoms with Crippen LogP contribution in [0, 0.1) is 13.8 Å². The summed E-state index contributed by atoms with van der Waals surface area (Å²) in [6, 6.07) is 1.72. The highest BCUT2D eigenvalue weighted by Crippen LogP contribution is 2.11. The predicted octanol–water partition coefficient (Wildman–Crippen LogP) is 0.861. The molecule has 2 rings (SSSR count). The quantitative estimate of drug-likeness (QED) is 0.722. The first kappa shape index (κ1) is 8.68. The SMILES string of the molecule is Cc1ncn(-c2cc(N)ncn2)c1C. The van der Waals surface area contributed by atoms with Crippen molar-refractivity contribution < 1.29 is 0 Å². The Morgan fingerprint density at radius 2 is 2.00 bits per heavy atom. The number of nitrogens with two attached hydrogens (primary N) is 1. The molecule has 5 nitrogen and oxygen atoms in total. The van der Waals surface area contributed by atoms with E-state index in [1.807, 2.05) is 18.4 Å². The summed E-state index contributed by atoms with van der Waals surface area (Å²) in [5, 5.41) is 0. The van der Waals surface area contributed by atoms with Crippen LogP contribution >= 0.6 is 0 Å². The lowest BCUT2D eigenvalue weighted by atomic mass is 10.4. The molecular formula is C9H11N5. The molecule has 0 saturated carbocycles. The minimum atomic E-state index is 0.459. The molecule has 0 saturated heterocycles. The average Bonchev–Trinajstić information content (AvgIpc) is 2.48. The fraction of sp³-hybridized carbons (Fsp3) is 0.222. The Hall–Kier alpha value is -1.91. The van der Waals surface area contributed by atoms with E-state index >= 15 is 0 Å². The summed E-state index contributed by atoms with van der Waals surface area (Å²) in [6.45, 7) is 3.94. The van der Waals surface area contributed by atoms with Gasteiger partial charge in [0.25, 0.3) is 0 Å². The fourth-order valence-corrected chi connectivity index (χ4v) is 1.22. The molecule has 0 fully saturated rings. The van der Waals surface area contributed by atoms with E-state index in [1.54, 1.807) is 12.4 Å². The Morgan fingerprint density at radius 1 is 1.21 bits per heavy atom. The second-order valence-corrected chi connectivity index (χ2v) is 3.09. The van der Waals surface area contributed by atoms with Crippen LogP contribution < -0.4 is 5.73 Å². The van der Waals surface area contributed by atoms with E-state index < -0.39 is 0 Å². The monoisotopic (exact) mass is 189 g/mol. The molecule has 0 aliphatic carbocycles. The van der Waals surface area contributed by atoms with E-state index in [0.717, 1.165) is 17.2 Å². The van der Waals surface area contributed by atoms with Gasteiger partial charge < -0.3 is 5.73 Å². The minimum Gasteiger partial charge on any atom is -0.384 e. The number of rotatable bonds is 1. The van der Waals surface area contributed by atoms with Crippen molar-refractivity contribution in [2.24, 2.45) is 0 Å². The van der Waals surface area contributed by atoms with Gasteiger partial charge in [-0.05, 0) is 13.8 Å². The largest absolute Gasteiger partial charge is 0.384 e. The minimum absolute atomic E-state index is 0.459. The molecule has 0 aliphatic rings. The Labute approximate surface area is 81.6 Å². The molecule has 72 valence electrons. The van der Waals surface area contributed by atoms with Crippen LogP contribution in [-0.4, -0.2) is 19.5 Å². The van der Waals surface area contributed by atoms with Crippen LogP contribution in [0.3, 0.4) is 0 Å². The highest BCUT2D eigenvalue weighted by atomic mass is 15.1. The van der Waals surface area contributed by atoms with Crippen LogP contribution in [0.1, 0.15) is 11.4 Å². The molecule has 2 heterocycles. The van der Waals surface area contributed by atoms with E-state index in [4.69, 9.17) is 5.73 Å². The lowest BCUT2D eigenvalue weighted by Crippen LogP contribution is -2.01. The van der Waals surface area contributed by atoms with Crippen molar-refractivity contribution in [2.75, 3.05) is 5.73 Å². The third-order valence-electron chi connectivity index (χ3n) is 2.17. The number of imidazole rings is 1. The highest BCUT2D eigenvalue weighted by Gasteiger charge is 2.05. The zero-order chi connectivity index (χ0) is 10.1. The van der Waals surface area contributed by atoms with Crippen molar-refractivity contribution in [3.63, 3.8) is 0 Å². The van der Waals surface area contributed by atoms with E-state index in [1.165, 1.54) is 6.33 Å². The Kier molecular flexibility index (Phi) is 1.92. The zero-order valence-electron chi connectivity index (χ0n) is 8.10. The average molecular weight is 189 g/mol. The summed E-state index contributed by atoms with van der Waals surface area (Å²) in [5.74, 6) is 1.20. The van der Waals surface area contributed by atoms with Gasteiger partial charge in [-0.1, -0.05) is 0 Å². The number of nitrogens with zero attached hydrogens (tertiary/aromatic N) is 4. The number of hydrogen-bond donors (Lipinski definition) is 1. The van der Waals surface area contributed by atoms with E-state index in [-0.39, 0.29) is 0 Å². The molecule has 0 bridgehead atoms. The molecule has 0 radical (unpaired) electrons. The Bertz CT molecular complexity index is 460. The second-order valence-electron chi connectivity index (χ2n) is 3.09. The van der Waals surface area contributed by atoms with Crippen LogP contribution in [0.2, 0.25) is 0 Å². The lowest BCUT2D eigenvalue weighted by molar-refractivity contribution is 0.937. The number of aromatic nitrogens is 4. The third kappa shape index (κ3) is 1.32. The number of aryl methyl sites for hydroxylation is 1. The van der Waals surface area contributed by atoms with Gasteiger partial charge in [0.05, 0.1) is 5.69 Å². The van der Waals surface area contributed by atoms with Gasteiger partial charge in [-0.2, -0.15) is 0 Å². The lowest BCUT2D eigenvalue weighted by Gasteiger charge is -2.03. The first-order valence-electron chi connectivity index (χ1n) is 4.27. The Balaban J connectivity index is 2.55. The molecule has 0 aromatic carbocycles. The summed E-state index contributed by atoms with van der Waals surface area (Å²) in [4.78, 5) is 12.1. The number of anilines is 1. The zero-order valence-corrected chi connectivity index (χ0v) is 8.10. The summed E-state index contributed by atoms with van der Waals surface area (Å²) in [6.07, 6.45) is 3.17. The summed E-state index contributed by atoms with van der Waals surface area (Å²) in [7, 11) is 0. The van der Waals surface area contributed by atoms with Crippen molar-refractivity contribution in [1.82, 2.24) is 19.5 Å². The molecular weight excluding hydrogens is 178 g/mol. The van der Waals surface area contributed by atoms with E-state index in [2.05, 4.69) is 15.0 Å². The maximum atomic E-state index is 5.57. The number of hydrogen-bond acceptors (Lipinski definition) is 4. The van der Waals surface area contributed by atoms with Gasteiger partial charge in [0.15, 0.2) is 0 Å². The standard InChI is InChI=1S/C9H11N5/c1-6-7(2)14(5-13-6)9-3-8(10)11-4-12-9/h3-5H,1-2H3,(H2,10,11,12). The van der Waals surface area contributed by atoms with Gasteiger partial charge in [0, 0.05) is 11.8 Å². The normalized spacial score (nSPS) is 10.4. The van der Waals surface area contributed by atoms with Crippen LogP contribution in [0.15, 0.2) is 18.7 Å². The molecule has 5 heteroatoms. The first-order chi connectivity index (χ1) is 6.68. The highest BCUT2D eigenvalue weighted by molar-refractivity contribution is 5.37. The third-order valence-corrected chi connectivity index (χ3v) is 2.17. The van der Waals surface area contributed by atoms with Crippen LogP contribution in [0.5, 0.6) is 0 Å². The molecule has 2 N–H and O–H groups in total. The molecule has 0 aliphatic heterocycles. The van der Waals surface area contributed by atoms with Gasteiger partial charge >= 0.3 is 0 Å². The molecule has 0 atom stereocenters. The van der Waals surface area contributed by atoms with Crippen molar-refractivity contribution in [2.45, 2.75) is 13.8 Å². The van der Waals surface area contributed by atoms with Crippen molar-refractivity contribution in [1.29, 1.82) is 0 Å². The topological polar surface area (TPSA) is 69.6 Å². The fourth-order valence-electron chi connectivity index (χ4n) is 1.22. The van der Waals surface area contributed by atoms with Crippen molar-refractivity contribution >= 4 is 5.82 Å². The van der Waals surface area contributed by atoms with E-state index in [9.17, 15) is 0 Å². The van der Waals surface area contributed by atoms with Gasteiger partial charge in [0.2, 0.25) is 0 Å². The Morgan fingerprint density at radius 3 is 2.57 bits per heavy atom.